The van der Waals surface area contributed by atoms with Crippen molar-refractivity contribution >= 4 is 43.6 Å². The van der Waals surface area contributed by atoms with E-state index in [1.54, 1.807) is 0 Å². The maximum absolute atomic E-state index is 3.88. The number of benzene rings is 7. The minimum absolute atomic E-state index is 0.510. The molecule has 0 amide bonds. The summed E-state index contributed by atoms with van der Waals surface area (Å²) in [4.78, 5) is 0. The highest BCUT2D eigenvalue weighted by Crippen LogP contribution is 2.46. The van der Waals surface area contributed by atoms with Crippen molar-refractivity contribution in [1.82, 2.24) is 30.4 Å². The van der Waals surface area contributed by atoms with Gasteiger partial charge in [0.2, 0.25) is 0 Å². The van der Waals surface area contributed by atoms with Crippen molar-refractivity contribution in [2.45, 2.75) is 116 Å². The van der Waals surface area contributed by atoms with Crippen molar-refractivity contribution in [3.8, 4) is 33.6 Å². The summed E-state index contributed by atoms with van der Waals surface area (Å²) < 4.78 is 5.17. The molecule has 4 aliphatic heterocycles. The molecule has 70 heavy (non-hydrogen) atoms. The first kappa shape index (κ1) is 44.0. The molecule has 6 heterocycles. The van der Waals surface area contributed by atoms with Gasteiger partial charge >= 0.3 is 0 Å². The van der Waals surface area contributed by atoms with Gasteiger partial charge in [0.25, 0.3) is 0 Å². The van der Waals surface area contributed by atoms with Gasteiger partial charge in [-0.2, -0.15) is 0 Å². The van der Waals surface area contributed by atoms with E-state index in [4.69, 9.17) is 0 Å². The molecule has 2 aromatic heterocycles. The van der Waals surface area contributed by atoms with E-state index < -0.39 is 0 Å². The number of hydrogen-bond donors (Lipinski definition) is 4. The summed E-state index contributed by atoms with van der Waals surface area (Å²) in [6.45, 7) is 18.4. The van der Waals surface area contributed by atoms with Crippen LogP contribution in [-0.4, -0.2) is 59.5 Å². The van der Waals surface area contributed by atoms with E-state index in [0.717, 1.165) is 26.2 Å². The summed E-state index contributed by atoms with van der Waals surface area (Å²) in [6, 6.07) is 49.4. The summed E-state index contributed by atoms with van der Waals surface area (Å²) >= 11 is 0. The Morgan fingerprint density at radius 2 is 0.814 bits per heavy atom. The minimum Gasteiger partial charge on any atom is -0.312 e. The summed E-state index contributed by atoms with van der Waals surface area (Å²) in [5.74, 6) is 1.09. The summed E-state index contributed by atoms with van der Waals surface area (Å²) in [7, 11) is 0. The fourth-order valence-electron chi connectivity index (χ4n) is 14.8. The smallest absolute Gasteiger partial charge is 0.0549 e. The van der Waals surface area contributed by atoms with Crippen molar-refractivity contribution < 1.29 is 0 Å². The lowest BCUT2D eigenvalue weighted by Crippen LogP contribution is -2.58. The van der Waals surface area contributed by atoms with Crippen LogP contribution in [0, 0.1) is 41.5 Å². The number of aryl methyl sites for hydroxylation is 4. The van der Waals surface area contributed by atoms with Crippen molar-refractivity contribution in [1.29, 1.82) is 0 Å². The molecule has 6 unspecified atom stereocenters. The monoisotopic (exact) mass is 921 g/mol. The predicted octanol–water partition coefficient (Wildman–Crippen LogP) is 13.5. The van der Waals surface area contributed by atoms with Gasteiger partial charge < -0.3 is 30.4 Å². The number of para-hydroxylation sites is 2. The molecule has 0 bridgehead atoms. The van der Waals surface area contributed by atoms with Crippen LogP contribution in [0.1, 0.15) is 94.9 Å². The summed E-state index contributed by atoms with van der Waals surface area (Å²) in [6.07, 6.45) is 7.42. The third-order valence-corrected chi connectivity index (χ3v) is 17.6. The molecule has 0 radical (unpaired) electrons. The first-order valence-corrected chi connectivity index (χ1v) is 26.6. The Kier molecular flexibility index (Phi) is 10.9. The van der Waals surface area contributed by atoms with Crippen LogP contribution in [0.15, 0.2) is 121 Å². The topological polar surface area (TPSA) is 58.0 Å². The lowest BCUT2D eigenvalue weighted by atomic mass is 9.78. The molecule has 6 atom stereocenters. The van der Waals surface area contributed by atoms with Crippen molar-refractivity contribution in [2.75, 3.05) is 26.2 Å². The Morgan fingerprint density at radius 1 is 0.400 bits per heavy atom. The fraction of sp³-hybridized carbons (Fsp3) is 0.344. The van der Waals surface area contributed by atoms with Crippen molar-refractivity contribution in [3.05, 3.63) is 166 Å². The van der Waals surface area contributed by atoms with Gasteiger partial charge in [-0.25, -0.2) is 0 Å². The molecule has 7 aromatic carbocycles. The molecular formula is C64H68N6. The van der Waals surface area contributed by atoms with E-state index in [-0.39, 0.29) is 0 Å². The Balaban J connectivity index is 0.946. The third-order valence-electron chi connectivity index (χ3n) is 17.6. The highest BCUT2D eigenvalue weighted by Gasteiger charge is 2.37. The van der Waals surface area contributed by atoms with E-state index in [2.05, 4.69) is 193 Å². The molecule has 4 saturated heterocycles. The zero-order valence-corrected chi connectivity index (χ0v) is 42.0. The summed E-state index contributed by atoms with van der Waals surface area (Å²) in [5.41, 5.74) is 23.6. The van der Waals surface area contributed by atoms with Crippen LogP contribution in [0.5, 0.6) is 0 Å². The zero-order chi connectivity index (χ0) is 47.4. The first-order valence-electron chi connectivity index (χ1n) is 26.6. The lowest BCUT2D eigenvalue weighted by molar-refractivity contribution is 0.223. The molecule has 6 heteroatoms. The molecule has 4 fully saturated rings. The summed E-state index contributed by atoms with van der Waals surface area (Å²) in [5, 5.41) is 20.6. The predicted molar refractivity (Wildman–Crippen MR) is 295 cm³/mol. The second-order valence-corrected chi connectivity index (χ2v) is 21.7. The van der Waals surface area contributed by atoms with Crippen LogP contribution in [0.2, 0.25) is 0 Å². The Labute approximate surface area is 413 Å². The average molecular weight is 921 g/mol. The number of rotatable bonds is 6. The molecule has 6 nitrogen and oxygen atoms in total. The molecule has 0 saturated carbocycles. The number of piperidine rings is 4. The van der Waals surface area contributed by atoms with Gasteiger partial charge in [0.15, 0.2) is 0 Å². The number of hydrogen-bond acceptors (Lipinski definition) is 4. The van der Waals surface area contributed by atoms with Gasteiger partial charge in [0, 0.05) is 57.5 Å². The van der Waals surface area contributed by atoms with E-state index in [1.165, 1.54) is 160 Å². The number of nitrogens with one attached hydrogen (secondary N) is 4. The maximum Gasteiger partial charge on any atom is 0.0549 e. The van der Waals surface area contributed by atoms with Crippen LogP contribution in [0.4, 0.5) is 0 Å². The first-order chi connectivity index (χ1) is 34.2. The molecule has 0 aliphatic carbocycles. The van der Waals surface area contributed by atoms with Crippen LogP contribution in [0.3, 0.4) is 0 Å². The van der Waals surface area contributed by atoms with Crippen LogP contribution < -0.4 is 21.3 Å². The maximum atomic E-state index is 3.88. The molecule has 9 aromatic rings. The van der Waals surface area contributed by atoms with Crippen LogP contribution in [0.25, 0.3) is 77.2 Å². The molecule has 13 rings (SSSR count). The largest absolute Gasteiger partial charge is 0.312 e. The van der Waals surface area contributed by atoms with E-state index in [0.29, 0.717) is 36.0 Å². The highest BCUT2D eigenvalue weighted by atomic mass is 15.1. The van der Waals surface area contributed by atoms with Gasteiger partial charge in [-0.1, -0.05) is 97.1 Å². The molecule has 354 valence electrons. The number of fused-ring (bicyclic) bond motifs is 9. The van der Waals surface area contributed by atoms with Gasteiger partial charge in [0.05, 0.1) is 33.4 Å². The highest BCUT2D eigenvalue weighted by molar-refractivity contribution is 6.29. The Morgan fingerprint density at radius 3 is 1.24 bits per heavy atom. The van der Waals surface area contributed by atoms with Crippen LogP contribution >= 0.6 is 0 Å². The second-order valence-electron chi connectivity index (χ2n) is 21.7. The van der Waals surface area contributed by atoms with Gasteiger partial charge in [-0.15, -0.1) is 0 Å². The van der Waals surface area contributed by atoms with E-state index >= 15 is 0 Å². The lowest BCUT2D eigenvalue weighted by Gasteiger charge is -2.43. The van der Waals surface area contributed by atoms with E-state index in [9.17, 15) is 0 Å². The normalized spacial score (nSPS) is 22.8. The zero-order valence-electron chi connectivity index (χ0n) is 42.0. The van der Waals surface area contributed by atoms with E-state index in [1.807, 2.05) is 0 Å². The number of nitrogens with zero attached hydrogens (tertiary/aromatic N) is 2. The van der Waals surface area contributed by atoms with Crippen molar-refractivity contribution in [2.24, 2.45) is 0 Å². The fourth-order valence-corrected chi connectivity index (χ4v) is 14.8. The van der Waals surface area contributed by atoms with Gasteiger partial charge in [-0.05, 0) is 197 Å². The van der Waals surface area contributed by atoms with Gasteiger partial charge in [0.1, 0.15) is 0 Å². The third kappa shape index (κ3) is 6.88. The van der Waals surface area contributed by atoms with Crippen LogP contribution in [-0.2, 0) is 0 Å². The SMILES string of the molecule is Cc1cc(C)c(-n2c3ccccc3c3c4c5ccccc5n(-c5c(C)cc(C)c(-c6ccc(C7CCNC8CCCNC87)cc6)c5C)c4ccc32)c(C)c1-c1ccc(C2CCNC3CCCNC32)cc1. The standard InChI is InChI=1S/C64H68N6/c1-37-35-39(3)63(41(5)57(37)45-23-19-43(20-24-45)47-29-33-65-51-15-11-31-67-61(47)51)69-53-17-9-7-13-49(53)59-55(69)27-28-56-60(59)50-14-8-10-18-54(50)70(56)64-40(4)36-38(2)58(42(64)6)46-25-21-44(22-26-46)48-30-34-66-52-16-12-32-68-62(48)52/h7-10,13-14,17-28,35-36,47-48,51-52,61-62,65-68H,11-12,15-16,29-34H2,1-6H3. The molecular weight excluding hydrogens is 853 g/mol. The minimum atomic E-state index is 0.510. The van der Waals surface area contributed by atoms with Gasteiger partial charge in [-0.3, -0.25) is 0 Å². The quantitative estimate of drug-likeness (QED) is 0.134. The Hall–Kier alpha value is -6.02. The second kappa shape index (κ2) is 17.4. The molecule has 0 spiro atoms. The number of aromatic nitrogens is 2. The van der Waals surface area contributed by atoms with Crippen molar-refractivity contribution in [3.63, 3.8) is 0 Å². The Bertz CT molecular complexity index is 3260. The molecule has 4 N–H and O–H groups in total. The average Bonchev–Trinajstić information content (AvgIpc) is 3.89. The molecule has 4 aliphatic rings.